The Morgan fingerprint density at radius 3 is 2.75 bits per heavy atom. The van der Waals surface area contributed by atoms with Gasteiger partial charge in [0.15, 0.2) is 6.61 Å². The van der Waals surface area contributed by atoms with E-state index in [-0.39, 0.29) is 23.5 Å². The first-order chi connectivity index (χ1) is 11.3. The molecule has 1 heterocycles. The first-order valence-electron chi connectivity index (χ1n) is 7.85. The van der Waals surface area contributed by atoms with Crippen LogP contribution in [0.15, 0.2) is 23.1 Å². The van der Waals surface area contributed by atoms with Crippen molar-refractivity contribution in [3.63, 3.8) is 0 Å². The van der Waals surface area contributed by atoms with Gasteiger partial charge in [-0.3, -0.25) is 4.79 Å². The Labute approximate surface area is 143 Å². The van der Waals surface area contributed by atoms with Crippen molar-refractivity contribution in [2.24, 2.45) is 0 Å². The Morgan fingerprint density at radius 2 is 2.17 bits per heavy atom. The molecule has 24 heavy (non-hydrogen) atoms. The van der Waals surface area contributed by atoms with Gasteiger partial charge in [-0.25, -0.2) is 12.7 Å². The predicted octanol–water partition coefficient (Wildman–Crippen LogP) is 0.919. The molecule has 1 saturated heterocycles. The second-order valence-electron chi connectivity index (χ2n) is 5.94. The molecule has 0 aliphatic carbocycles. The summed E-state index contributed by atoms with van der Waals surface area (Å²) in [5, 5.41) is 2.77. The van der Waals surface area contributed by atoms with Crippen LogP contribution in [0.2, 0.25) is 0 Å². The van der Waals surface area contributed by atoms with Gasteiger partial charge >= 0.3 is 0 Å². The van der Waals surface area contributed by atoms with Gasteiger partial charge in [0.25, 0.3) is 5.91 Å². The van der Waals surface area contributed by atoms with Gasteiger partial charge in [-0.2, -0.15) is 0 Å². The van der Waals surface area contributed by atoms with Gasteiger partial charge < -0.3 is 14.8 Å². The molecule has 1 aliphatic rings. The molecule has 0 aromatic heterocycles. The van der Waals surface area contributed by atoms with Crippen molar-refractivity contribution in [2.75, 3.05) is 33.9 Å². The lowest BCUT2D eigenvalue weighted by Crippen LogP contribution is -2.35. The summed E-state index contributed by atoms with van der Waals surface area (Å²) in [7, 11) is -0.522. The molecular formula is C16H24N2O5S. The molecule has 1 fully saturated rings. The number of nitrogens with one attached hydrogen (secondary N) is 1. The fourth-order valence-corrected chi connectivity index (χ4v) is 3.37. The Bertz CT molecular complexity index is 682. The van der Waals surface area contributed by atoms with Crippen molar-refractivity contribution < 1.29 is 22.7 Å². The zero-order valence-corrected chi connectivity index (χ0v) is 15.1. The lowest BCUT2D eigenvalue weighted by atomic mass is 10.2. The number of carbonyl (C=O) groups is 1. The molecule has 0 saturated carbocycles. The number of hydrogen-bond acceptors (Lipinski definition) is 5. The number of rotatable bonds is 7. The monoisotopic (exact) mass is 356 g/mol. The standard InChI is InChI=1S/C16H24N2O5S/c1-12-9-14(24(20,21)18(2)3)6-7-15(12)23-11-16(19)17-10-13-5-4-8-22-13/h6-7,9,13H,4-5,8,10-11H2,1-3H3,(H,17,19). The number of sulfonamides is 1. The lowest BCUT2D eigenvalue weighted by Gasteiger charge is -2.14. The maximum Gasteiger partial charge on any atom is 0.258 e. The molecule has 1 unspecified atom stereocenters. The molecule has 8 heteroatoms. The molecule has 1 N–H and O–H groups in total. The summed E-state index contributed by atoms with van der Waals surface area (Å²) in [6.07, 6.45) is 2.08. The fraction of sp³-hybridized carbons (Fsp3) is 0.562. The summed E-state index contributed by atoms with van der Waals surface area (Å²) in [4.78, 5) is 12.0. The third kappa shape index (κ3) is 4.68. The minimum absolute atomic E-state index is 0.0891. The van der Waals surface area contributed by atoms with Crippen molar-refractivity contribution >= 4 is 15.9 Å². The smallest absolute Gasteiger partial charge is 0.258 e. The average molecular weight is 356 g/mol. The van der Waals surface area contributed by atoms with Crippen LogP contribution in [0.25, 0.3) is 0 Å². The number of hydrogen-bond donors (Lipinski definition) is 1. The molecular weight excluding hydrogens is 332 g/mol. The van der Waals surface area contributed by atoms with E-state index in [4.69, 9.17) is 9.47 Å². The van der Waals surface area contributed by atoms with Crippen LogP contribution in [-0.2, 0) is 19.6 Å². The summed E-state index contributed by atoms with van der Waals surface area (Å²) < 4.78 is 36.2. The van der Waals surface area contributed by atoms with E-state index in [0.29, 0.717) is 17.9 Å². The van der Waals surface area contributed by atoms with E-state index >= 15 is 0 Å². The molecule has 134 valence electrons. The van der Waals surface area contributed by atoms with Crippen LogP contribution in [0.1, 0.15) is 18.4 Å². The molecule has 0 bridgehead atoms. The van der Waals surface area contributed by atoms with Crippen LogP contribution in [-0.4, -0.2) is 58.6 Å². The second-order valence-corrected chi connectivity index (χ2v) is 8.09. The predicted molar refractivity (Wildman–Crippen MR) is 89.5 cm³/mol. The van der Waals surface area contributed by atoms with E-state index in [1.807, 2.05) is 0 Å². The number of ether oxygens (including phenoxy) is 2. The van der Waals surface area contributed by atoms with Crippen molar-refractivity contribution in [2.45, 2.75) is 30.8 Å². The maximum atomic E-state index is 12.1. The highest BCUT2D eigenvalue weighted by Crippen LogP contribution is 2.23. The molecule has 1 amide bonds. The first kappa shape index (κ1) is 18.7. The Morgan fingerprint density at radius 1 is 1.42 bits per heavy atom. The molecule has 1 atom stereocenters. The Hall–Kier alpha value is -1.64. The van der Waals surface area contributed by atoms with E-state index < -0.39 is 10.0 Å². The zero-order valence-electron chi connectivity index (χ0n) is 14.2. The van der Waals surface area contributed by atoms with Crippen LogP contribution in [0.5, 0.6) is 5.75 Å². The number of carbonyl (C=O) groups excluding carboxylic acids is 1. The SMILES string of the molecule is Cc1cc(S(=O)(=O)N(C)C)ccc1OCC(=O)NCC1CCCO1. The van der Waals surface area contributed by atoms with Gasteiger partial charge in [0, 0.05) is 27.2 Å². The third-order valence-electron chi connectivity index (χ3n) is 3.83. The van der Waals surface area contributed by atoms with Crippen LogP contribution in [0, 0.1) is 6.92 Å². The van der Waals surface area contributed by atoms with Crippen LogP contribution in [0.4, 0.5) is 0 Å². The van der Waals surface area contributed by atoms with E-state index in [1.54, 1.807) is 13.0 Å². The average Bonchev–Trinajstić information content (AvgIpc) is 3.04. The second kappa shape index (κ2) is 7.96. The normalized spacial score (nSPS) is 17.9. The molecule has 1 aromatic rings. The molecule has 7 nitrogen and oxygen atoms in total. The lowest BCUT2D eigenvalue weighted by molar-refractivity contribution is -0.123. The van der Waals surface area contributed by atoms with Crippen LogP contribution in [0.3, 0.4) is 0 Å². The van der Waals surface area contributed by atoms with Gasteiger partial charge in [0.1, 0.15) is 5.75 Å². The Balaban J connectivity index is 1.89. The van der Waals surface area contributed by atoms with Crippen molar-refractivity contribution in [1.82, 2.24) is 9.62 Å². The maximum absolute atomic E-state index is 12.1. The van der Waals surface area contributed by atoms with Gasteiger partial charge in [-0.1, -0.05) is 0 Å². The largest absolute Gasteiger partial charge is 0.484 e. The van der Waals surface area contributed by atoms with E-state index in [2.05, 4.69) is 5.32 Å². The summed E-state index contributed by atoms with van der Waals surface area (Å²) in [6.45, 7) is 2.86. The molecule has 1 aromatic carbocycles. The summed E-state index contributed by atoms with van der Waals surface area (Å²) >= 11 is 0. The highest BCUT2D eigenvalue weighted by Gasteiger charge is 2.19. The van der Waals surface area contributed by atoms with Crippen molar-refractivity contribution in [1.29, 1.82) is 0 Å². The number of benzene rings is 1. The van der Waals surface area contributed by atoms with Crippen LogP contribution < -0.4 is 10.1 Å². The number of nitrogens with zero attached hydrogens (tertiary/aromatic N) is 1. The zero-order chi connectivity index (χ0) is 17.7. The fourth-order valence-electron chi connectivity index (χ4n) is 2.38. The number of aryl methyl sites for hydroxylation is 1. The van der Waals surface area contributed by atoms with E-state index in [9.17, 15) is 13.2 Å². The minimum Gasteiger partial charge on any atom is -0.484 e. The molecule has 0 radical (unpaired) electrons. The quantitative estimate of drug-likeness (QED) is 0.785. The highest BCUT2D eigenvalue weighted by atomic mass is 32.2. The summed E-state index contributed by atoms with van der Waals surface area (Å²) in [6, 6.07) is 4.58. The minimum atomic E-state index is -3.48. The van der Waals surface area contributed by atoms with Gasteiger partial charge in [-0.05, 0) is 43.5 Å². The van der Waals surface area contributed by atoms with E-state index in [1.165, 1.54) is 26.2 Å². The third-order valence-corrected chi connectivity index (χ3v) is 5.65. The highest BCUT2D eigenvalue weighted by molar-refractivity contribution is 7.89. The molecule has 1 aliphatic heterocycles. The first-order valence-corrected chi connectivity index (χ1v) is 9.29. The Kier molecular flexibility index (Phi) is 6.20. The van der Waals surface area contributed by atoms with Crippen molar-refractivity contribution in [3.8, 4) is 5.75 Å². The molecule has 0 spiro atoms. The van der Waals surface area contributed by atoms with Gasteiger partial charge in [0.05, 0.1) is 11.0 Å². The van der Waals surface area contributed by atoms with Gasteiger partial charge in [0.2, 0.25) is 10.0 Å². The number of amides is 1. The molecule has 2 rings (SSSR count). The van der Waals surface area contributed by atoms with Gasteiger partial charge in [-0.15, -0.1) is 0 Å². The van der Waals surface area contributed by atoms with Crippen LogP contribution >= 0.6 is 0 Å². The van der Waals surface area contributed by atoms with Crippen molar-refractivity contribution in [3.05, 3.63) is 23.8 Å². The summed E-state index contributed by atoms with van der Waals surface area (Å²) in [5.74, 6) is 0.259. The summed E-state index contributed by atoms with van der Waals surface area (Å²) in [5.41, 5.74) is 0.657. The topological polar surface area (TPSA) is 84.9 Å². The van der Waals surface area contributed by atoms with E-state index in [0.717, 1.165) is 23.8 Å².